The third-order valence-electron chi connectivity index (χ3n) is 2.83. The molecule has 0 atom stereocenters. The Balaban J connectivity index is 2.32. The number of anilines is 1. The van der Waals surface area contributed by atoms with Crippen LogP contribution in [0.5, 0.6) is 0 Å². The molecule has 0 saturated carbocycles. The van der Waals surface area contributed by atoms with Gasteiger partial charge in [0.25, 0.3) is 5.91 Å². The van der Waals surface area contributed by atoms with Crippen LogP contribution in [0.2, 0.25) is 10.0 Å². The molecular formula is C15H12Cl2N4O3. The van der Waals surface area contributed by atoms with Gasteiger partial charge in [-0.25, -0.2) is 15.0 Å². The van der Waals surface area contributed by atoms with Crippen LogP contribution >= 0.6 is 23.2 Å². The Hall–Kier alpha value is -2.77. The molecule has 0 aliphatic carbocycles. The van der Waals surface area contributed by atoms with Crippen LogP contribution in [0.4, 0.5) is 15.3 Å². The smallest absolute Gasteiger partial charge is 0.348 e. The lowest BCUT2D eigenvalue weighted by atomic mass is 10.2. The van der Waals surface area contributed by atoms with Gasteiger partial charge in [0, 0.05) is 5.69 Å². The molecule has 2 aromatic rings. The molecule has 0 aliphatic heterocycles. The molecule has 7 nitrogen and oxygen atoms in total. The van der Waals surface area contributed by atoms with E-state index in [0.717, 1.165) is 0 Å². The van der Waals surface area contributed by atoms with Crippen molar-refractivity contribution >= 4 is 46.9 Å². The summed E-state index contributed by atoms with van der Waals surface area (Å²) in [4.78, 5) is 36.0. The van der Waals surface area contributed by atoms with Crippen LogP contribution in [0.3, 0.4) is 0 Å². The van der Waals surface area contributed by atoms with Crippen LogP contribution in [-0.2, 0) is 0 Å². The van der Waals surface area contributed by atoms with Crippen LogP contribution in [0, 0.1) is 0 Å². The lowest BCUT2D eigenvalue weighted by molar-refractivity contribution is 0.0760. The highest BCUT2D eigenvalue weighted by atomic mass is 35.5. The third kappa shape index (κ3) is 4.15. The van der Waals surface area contributed by atoms with E-state index in [1.54, 1.807) is 30.3 Å². The molecule has 0 aromatic heterocycles. The second-order valence-corrected chi connectivity index (χ2v) is 5.32. The van der Waals surface area contributed by atoms with Crippen molar-refractivity contribution in [3.8, 4) is 0 Å². The number of hydrogen-bond donors (Lipinski definition) is 3. The number of rotatable bonds is 2. The number of carbonyl (C=O) groups excluding carboxylic acids is 3. The van der Waals surface area contributed by atoms with E-state index >= 15 is 0 Å². The van der Waals surface area contributed by atoms with Crippen molar-refractivity contribution in [1.82, 2.24) is 10.4 Å². The normalized spacial score (nSPS) is 9.92. The molecule has 0 unspecified atom stereocenters. The quantitative estimate of drug-likeness (QED) is 0.710. The molecule has 9 heteroatoms. The van der Waals surface area contributed by atoms with Crippen molar-refractivity contribution in [3.05, 3.63) is 64.1 Å². The van der Waals surface area contributed by atoms with Gasteiger partial charge in [0.1, 0.15) is 0 Å². The average Bonchev–Trinajstić information content (AvgIpc) is 2.53. The standard InChI is InChI=1S/C15H12Cl2N4O3/c16-10-7-4-8-11(17)12(10)13(22)21(20-14(18)23)15(24)19-9-5-2-1-3-6-9/h1-8H,(H,19,24)(H3,18,20,23). The predicted molar refractivity (Wildman–Crippen MR) is 90.8 cm³/mol. The summed E-state index contributed by atoms with van der Waals surface area (Å²) in [5, 5.41) is 2.90. The number of urea groups is 2. The Bertz CT molecular complexity index is 763. The molecular weight excluding hydrogens is 355 g/mol. The highest BCUT2D eigenvalue weighted by Crippen LogP contribution is 2.25. The predicted octanol–water partition coefficient (Wildman–Crippen LogP) is 3.25. The van der Waals surface area contributed by atoms with Gasteiger partial charge in [0.15, 0.2) is 0 Å². The van der Waals surface area contributed by atoms with Gasteiger partial charge in [-0.3, -0.25) is 4.79 Å². The number of nitrogens with one attached hydrogen (secondary N) is 2. The molecule has 0 saturated heterocycles. The first-order valence-corrected chi connectivity index (χ1v) is 7.36. The number of amides is 5. The van der Waals surface area contributed by atoms with Gasteiger partial charge in [-0.05, 0) is 24.3 Å². The second-order valence-electron chi connectivity index (χ2n) is 4.51. The maximum absolute atomic E-state index is 12.6. The van der Waals surface area contributed by atoms with Crippen LogP contribution in [0.25, 0.3) is 0 Å². The highest BCUT2D eigenvalue weighted by Gasteiger charge is 2.28. The van der Waals surface area contributed by atoms with Gasteiger partial charge >= 0.3 is 12.1 Å². The summed E-state index contributed by atoms with van der Waals surface area (Å²) in [6.45, 7) is 0. The number of benzene rings is 2. The van der Waals surface area contributed by atoms with E-state index in [2.05, 4.69) is 5.32 Å². The number of primary amides is 1. The molecule has 0 spiro atoms. The van der Waals surface area contributed by atoms with Crippen LogP contribution in [-0.4, -0.2) is 23.0 Å². The van der Waals surface area contributed by atoms with Gasteiger partial charge in [-0.15, -0.1) is 0 Å². The van der Waals surface area contributed by atoms with E-state index < -0.39 is 18.0 Å². The topological polar surface area (TPSA) is 105 Å². The molecule has 2 aromatic carbocycles. The maximum atomic E-state index is 12.6. The number of halogens is 2. The summed E-state index contributed by atoms with van der Waals surface area (Å²) in [5.41, 5.74) is 7.25. The molecule has 0 aliphatic rings. The summed E-state index contributed by atoms with van der Waals surface area (Å²) in [6, 6.07) is 10.7. The molecule has 124 valence electrons. The van der Waals surface area contributed by atoms with Gasteiger partial charge in [-0.2, -0.15) is 5.01 Å². The number of nitrogens with zero attached hydrogens (tertiary/aromatic N) is 1. The van der Waals surface area contributed by atoms with Gasteiger partial charge in [0.2, 0.25) is 0 Å². The van der Waals surface area contributed by atoms with Crippen molar-refractivity contribution in [3.63, 3.8) is 0 Å². The molecule has 0 heterocycles. The summed E-state index contributed by atoms with van der Waals surface area (Å²) in [6.07, 6.45) is 0. The monoisotopic (exact) mass is 366 g/mol. The lowest BCUT2D eigenvalue weighted by Crippen LogP contribution is -2.53. The zero-order valence-corrected chi connectivity index (χ0v) is 13.6. The Morgan fingerprint density at radius 3 is 2.04 bits per heavy atom. The highest BCUT2D eigenvalue weighted by molar-refractivity contribution is 6.40. The zero-order chi connectivity index (χ0) is 17.7. The molecule has 24 heavy (non-hydrogen) atoms. The van der Waals surface area contributed by atoms with E-state index in [1.165, 1.54) is 18.2 Å². The number of hydrazine groups is 1. The average molecular weight is 367 g/mol. The number of imide groups is 1. The number of nitrogens with two attached hydrogens (primary N) is 1. The number of hydrogen-bond acceptors (Lipinski definition) is 3. The molecule has 4 N–H and O–H groups in total. The van der Waals surface area contributed by atoms with Crippen molar-refractivity contribution < 1.29 is 14.4 Å². The minimum Gasteiger partial charge on any atom is -0.350 e. The third-order valence-corrected chi connectivity index (χ3v) is 3.46. The summed E-state index contributed by atoms with van der Waals surface area (Å²) in [5.74, 6) is -0.933. The molecule has 0 fully saturated rings. The van der Waals surface area contributed by atoms with Crippen LogP contribution in [0.1, 0.15) is 10.4 Å². The van der Waals surface area contributed by atoms with E-state index in [0.29, 0.717) is 10.7 Å². The fourth-order valence-corrected chi connectivity index (χ4v) is 2.38. The van der Waals surface area contributed by atoms with Gasteiger partial charge in [0.05, 0.1) is 15.6 Å². The van der Waals surface area contributed by atoms with Crippen molar-refractivity contribution in [1.29, 1.82) is 0 Å². The molecule has 5 amide bonds. The van der Waals surface area contributed by atoms with Crippen LogP contribution < -0.4 is 16.5 Å². The first-order chi connectivity index (χ1) is 11.4. The van der Waals surface area contributed by atoms with Crippen molar-refractivity contribution in [2.45, 2.75) is 0 Å². The largest absolute Gasteiger partial charge is 0.350 e. The summed E-state index contributed by atoms with van der Waals surface area (Å²) >= 11 is 11.9. The minimum atomic E-state index is -1.10. The van der Waals surface area contributed by atoms with Crippen LogP contribution in [0.15, 0.2) is 48.5 Å². The van der Waals surface area contributed by atoms with E-state index in [4.69, 9.17) is 28.9 Å². The first kappa shape index (κ1) is 17.6. The fourth-order valence-electron chi connectivity index (χ4n) is 1.82. The first-order valence-electron chi connectivity index (χ1n) is 6.60. The SMILES string of the molecule is NC(=O)NN(C(=O)Nc1ccccc1)C(=O)c1c(Cl)cccc1Cl. The lowest BCUT2D eigenvalue weighted by Gasteiger charge is -2.21. The molecule has 0 bridgehead atoms. The van der Waals surface area contributed by atoms with Crippen molar-refractivity contribution in [2.24, 2.45) is 5.73 Å². The fraction of sp³-hybridized carbons (Fsp3) is 0. The zero-order valence-electron chi connectivity index (χ0n) is 12.1. The van der Waals surface area contributed by atoms with E-state index in [-0.39, 0.29) is 15.6 Å². The maximum Gasteiger partial charge on any atom is 0.348 e. The second kappa shape index (κ2) is 7.67. The number of para-hydroxylation sites is 1. The number of carbonyl (C=O) groups is 3. The van der Waals surface area contributed by atoms with Gasteiger partial charge in [-0.1, -0.05) is 47.5 Å². The molecule has 2 rings (SSSR count). The Labute approximate surface area is 147 Å². The summed E-state index contributed by atoms with van der Waals surface area (Å²) in [7, 11) is 0. The van der Waals surface area contributed by atoms with Gasteiger partial charge < -0.3 is 11.1 Å². The minimum absolute atomic E-state index is 0.0243. The van der Waals surface area contributed by atoms with E-state index in [1.807, 2.05) is 5.43 Å². The Kier molecular flexibility index (Phi) is 5.62. The molecule has 0 radical (unpaired) electrons. The summed E-state index contributed by atoms with van der Waals surface area (Å²) < 4.78 is 0. The van der Waals surface area contributed by atoms with E-state index in [9.17, 15) is 14.4 Å². The Morgan fingerprint density at radius 2 is 1.50 bits per heavy atom. The Morgan fingerprint density at radius 1 is 0.917 bits per heavy atom. The van der Waals surface area contributed by atoms with Crippen molar-refractivity contribution in [2.75, 3.05) is 5.32 Å².